The minimum absolute atomic E-state index is 2.12. The molecule has 0 unspecified atom stereocenters. The fourth-order valence-electron chi connectivity index (χ4n) is 0.111. The third-order valence-corrected chi connectivity index (χ3v) is 0.415. The van der Waals surface area contributed by atoms with Crippen molar-refractivity contribution in [3.63, 3.8) is 0 Å². The average Bonchev–Trinajstić information content (AvgIpc) is 1.84. The van der Waals surface area contributed by atoms with Crippen molar-refractivity contribution in [3.8, 4) is 0 Å². The Morgan fingerprint density at radius 3 is 1.78 bits per heavy atom. The predicted octanol–water partition coefficient (Wildman–Crippen LogP) is 1.49. The molecule has 0 saturated heterocycles. The molecule has 0 aromatic rings. The molecule has 0 bridgehead atoms. The van der Waals surface area contributed by atoms with Gasteiger partial charge in [0.25, 0.3) is 5.83 Å². The van der Waals surface area contributed by atoms with Crippen LogP contribution in [0.4, 0.5) is 17.7 Å². The molecule has 0 aliphatic rings. The van der Waals surface area contributed by atoms with Crippen molar-refractivity contribution in [1.82, 2.24) is 0 Å². The Kier molecular flexibility index (Phi) is 2.69. The average molecular weight is 144 g/mol. The van der Waals surface area contributed by atoms with Crippen LogP contribution in [0.2, 0.25) is 0 Å². The van der Waals surface area contributed by atoms with Crippen molar-refractivity contribution < 1.29 is 27.4 Å². The number of rotatable bonds is 1. The van der Waals surface area contributed by atoms with Crippen LogP contribution in [0, 0.1) is 0 Å². The van der Waals surface area contributed by atoms with Crippen molar-refractivity contribution in [1.29, 1.82) is 0 Å². The molecule has 0 spiro atoms. The standard InChI is InChI=1S/C3F4O2/c4-1(2(5)6)3(8)9-7. The van der Waals surface area contributed by atoms with E-state index in [2.05, 4.69) is 4.94 Å². The van der Waals surface area contributed by atoms with Gasteiger partial charge in [-0.05, 0) is 0 Å². The lowest BCUT2D eigenvalue weighted by atomic mass is 10.6. The first-order valence-corrected chi connectivity index (χ1v) is 1.63. The minimum Gasteiger partial charge on any atom is -0.246 e. The van der Waals surface area contributed by atoms with E-state index in [1.54, 1.807) is 0 Å². The molecule has 0 N–H and O–H groups in total. The van der Waals surface area contributed by atoms with Gasteiger partial charge in [0.05, 0.1) is 0 Å². The van der Waals surface area contributed by atoms with Gasteiger partial charge in [-0.3, -0.25) is 0 Å². The van der Waals surface area contributed by atoms with Crippen molar-refractivity contribution >= 4 is 5.97 Å². The zero-order valence-electron chi connectivity index (χ0n) is 3.83. The minimum atomic E-state index is -2.90. The first-order chi connectivity index (χ1) is 4.09. The van der Waals surface area contributed by atoms with E-state index in [0.717, 1.165) is 0 Å². The maximum atomic E-state index is 11.3. The Morgan fingerprint density at radius 2 is 1.67 bits per heavy atom. The van der Waals surface area contributed by atoms with Crippen LogP contribution < -0.4 is 0 Å². The van der Waals surface area contributed by atoms with Crippen LogP contribution in [0.15, 0.2) is 11.9 Å². The highest BCUT2D eigenvalue weighted by atomic mass is 19.3. The van der Waals surface area contributed by atoms with Gasteiger partial charge in [-0.1, -0.05) is 0 Å². The highest BCUT2D eigenvalue weighted by molar-refractivity contribution is 5.85. The van der Waals surface area contributed by atoms with Crippen LogP contribution in [0.1, 0.15) is 0 Å². The molecule has 0 aliphatic heterocycles. The van der Waals surface area contributed by atoms with Gasteiger partial charge < -0.3 is 0 Å². The number of carbonyl (C=O) groups is 1. The molecule has 6 heteroatoms. The summed E-state index contributed by atoms with van der Waals surface area (Å²) < 4.78 is 43.7. The second kappa shape index (κ2) is 3.06. The molecule has 0 heterocycles. The Labute approximate surface area is 46.6 Å². The quantitative estimate of drug-likeness (QED) is 0.411. The Bertz CT molecular complexity index is 148. The molecule has 0 aliphatic carbocycles. The summed E-state index contributed by atoms with van der Waals surface area (Å²) in [6, 6.07) is 0. The summed E-state index contributed by atoms with van der Waals surface area (Å²) >= 11 is 0. The highest BCUT2D eigenvalue weighted by Crippen LogP contribution is 2.10. The predicted molar refractivity (Wildman–Crippen MR) is 17.6 cm³/mol. The second-order valence-electron chi connectivity index (χ2n) is 0.939. The number of hydrogen-bond acceptors (Lipinski definition) is 2. The van der Waals surface area contributed by atoms with Gasteiger partial charge in [-0.15, -0.1) is 0 Å². The summed E-state index contributed by atoms with van der Waals surface area (Å²) in [6.45, 7) is 0. The van der Waals surface area contributed by atoms with Crippen molar-refractivity contribution in [2.75, 3.05) is 0 Å². The molecular formula is C3F4O2. The molecule has 0 fully saturated rings. The number of carbonyl (C=O) groups excluding carboxylic acids is 1. The summed E-state index contributed by atoms with van der Waals surface area (Å²) in [5.41, 5.74) is 0. The zero-order valence-corrected chi connectivity index (χ0v) is 3.83. The summed E-state index contributed by atoms with van der Waals surface area (Å²) in [5.74, 6) is -4.84. The first kappa shape index (κ1) is 7.93. The Balaban J connectivity index is 4.21. The molecule has 0 amide bonds. The molecule has 0 saturated carbocycles. The zero-order chi connectivity index (χ0) is 7.44. The number of halogens is 4. The van der Waals surface area contributed by atoms with Gasteiger partial charge in [0, 0.05) is 4.53 Å². The molecular weight excluding hydrogens is 144 g/mol. The van der Waals surface area contributed by atoms with Gasteiger partial charge in [0.2, 0.25) is 0 Å². The monoisotopic (exact) mass is 144 g/mol. The molecule has 0 rings (SSSR count). The van der Waals surface area contributed by atoms with E-state index in [1.165, 1.54) is 0 Å². The molecule has 0 atom stereocenters. The smallest absolute Gasteiger partial charge is 0.246 e. The van der Waals surface area contributed by atoms with Crippen LogP contribution >= 0.6 is 0 Å². The molecule has 0 radical (unpaired) electrons. The van der Waals surface area contributed by atoms with Gasteiger partial charge >= 0.3 is 12.0 Å². The molecule has 0 aromatic carbocycles. The van der Waals surface area contributed by atoms with E-state index in [4.69, 9.17) is 0 Å². The van der Waals surface area contributed by atoms with Crippen molar-refractivity contribution in [2.45, 2.75) is 0 Å². The Hall–Kier alpha value is -1.07. The third-order valence-electron chi connectivity index (χ3n) is 0.415. The van der Waals surface area contributed by atoms with E-state index >= 15 is 0 Å². The molecule has 2 nitrogen and oxygen atoms in total. The van der Waals surface area contributed by atoms with Crippen LogP contribution in [0.3, 0.4) is 0 Å². The largest absolute Gasteiger partial charge is 0.413 e. The van der Waals surface area contributed by atoms with E-state index < -0.39 is 17.9 Å². The van der Waals surface area contributed by atoms with Crippen molar-refractivity contribution in [3.05, 3.63) is 11.9 Å². The molecule has 0 aromatic heterocycles. The van der Waals surface area contributed by atoms with Crippen LogP contribution in [0.25, 0.3) is 0 Å². The van der Waals surface area contributed by atoms with Gasteiger partial charge in [0.15, 0.2) is 0 Å². The van der Waals surface area contributed by atoms with E-state index in [9.17, 15) is 22.5 Å². The maximum Gasteiger partial charge on any atom is 0.413 e. The second-order valence-corrected chi connectivity index (χ2v) is 0.939. The molecule has 9 heavy (non-hydrogen) atoms. The maximum absolute atomic E-state index is 11.3. The van der Waals surface area contributed by atoms with Gasteiger partial charge in [-0.25, -0.2) is 9.74 Å². The summed E-state index contributed by atoms with van der Waals surface area (Å²) in [5, 5.41) is 0. The Morgan fingerprint density at radius 1 is 1.22 bits per heavy atom. The molecule has 52 valence electrons. The SMILES string of the molecule is O=C(OF)C(F)=C(F)F. The topological polar surface area (TPSA) is 26.3 Å². The fourth-order valence-corrected chi connectivity index (χ4v) is 0.111. The summed E-state index contributed by atoms with van der Waals surface area (Å²) in [7, 11) is 0. The van der Waals surface area contributed by atoms with Crippen molar-refractivity contribution in [2.24, 2.45) is 0 Å². The van der Waals surface area contributed by atoms with Gasteiger partial charge in [0.1, 0.15) is 0 Å². The lowest BCUT2D eigenvalue weighted by molar-refractivity contribution is -0.180. The number of hydrogen-bond donors (Lipinski definition) is 0. The normalized spacial score (nSPS) is 8.44. The third kappa shape index (κ3) is 2.11. The highest BCUT2D eigenvalue weighted by Gasteiger charge is 2.17. The lowest BCUT2D eigenvalue weighted by Crippen LogP contribution is -1.98. The van der Waals surface area contributed by atoms with Crippen LogP contribution in [0.5, 0.6) is 0 Å². The fraction of sp³-hybridized carbons (Fsp3) is 0. The van der Waals surface area contributed by atoms with E-state index in [-0.39, 0.29) is 0 Å². The van der Waals surface area contributed by atoms with Gasteiger partial charge in [-0.2, -0.15) is 13.2 Å². The van der Waals surface area contributed by atoms with Crippen LogP contribution in [-0.2, 0) is 9.74 Å². The first-order valence-electron chi connectivity index (χ1n) is 1.63. The van der Waals surface area contributed by atoms with Crippen LogP contribution in [-0.4, -0.2) is 5.97 Å². The lowest BCUT2D eigenvalue weighted by Gasteiger charge is -1.84. The van der Waals surface area contributed by atoms with E-state index in [1.807, 2.05) is 0 Å². The van der Waals surface area contributed by atoms with E-state index in [0.29, 0.717) is 0 Å². The summed E-state index contributed by atoms with van der Waals surface area (Å²) in [6.07, 6.45) is -2.90. The summed E-state index contributed by atoms with van der Waals surface area (Å²) in [4.78, 5) is 11.6.